The SMILES string of the molecule is O=C(Nc1cc(C(F)(F)F)nc2cc(C(F)(F)F)ccc12)c1ccc(C(F)(F)F)cn1. The molecule has 1 aromatic carbocycles. The Balaban J connectivity index is 2.05. The maximum atomic E-state index is 13.1. The first-order valence-corrected chi connectivity index (χ1v) is 8.10. The lowest BCUT2D eigenvalue weighted by molar-refractivity contribution is -0.141. The van der Waals surface area contributed by atoms with Gasteiger partial charge in [0.2, 0.25) is 0 Å². The molecule has 1 amide bonds. The number of carbonyl (C=O) groups excluding carboxylic acids is 1. The van der Waals surface area contributed by atoms with Crippen LogP contribution in [0.15, 0.2) is 42.6 Å². The fourth-order valence-electron chi connectivity index (χ4n) is 2.54. The van der Waals surface area contributed by atoms with Gasteiger partial charge in [-0.25, -0.2) is 4.98 Å². The molecule has 4 nitrogen and oxygen atoms in total. The van der Waals surface area contributed by atoms with Crippen molar-refractivity contribution < 1.29 is 44.3 Å². The van der Waals surface area contributed by atoms with Crippen molar-refractivity contribution >= 4 is 22.5 Å². The van der Waals surface area contributed by atoms with Crippen LogP contribution in [0, 0.1) is 0 Å². The van der Waals surface area contributed by atoms with Crippen LogP contribution < -0.4 is 5.32 Å². The van der Waals surface area contributed by atoms with E-state index in [2.05, 4.69) is 9.97 Å². The van der Waals surface area contributed by atoms with Crippen LogP contribution in [0.5, 0.6) is 0 Å². The first-order chi connectivity index (χ1) is 14.2. The summed E-state index contributed by atoms with van der Waals surface area (Å²) in [5.41, 5.74) is -5.78. The minimum atomic E-state index is -5.05. The van der Waals surface area contributed by atoms with Crippen LogP contribution >= 0.6 is 0 Å². The van der Waals surface area contributed by atoms with Crippen molar-refractivity contribution in [2.45, 2.75) is 18.5 Å². The first-order valence-electron chi connectivity index (χ1n) is 8.10. The summed E-state index contributed by atoms with van der Waals surface area (Å²) < 4.78 is 116. The van der Waals surface area contributed by atoms with Crippen molar-refractivity contribution in [2.75, 3.05) is 5.32 Å². The predicted octanol–water partition coefficient (Wildman–Crippen LogP) is 5.94. The van der Waals surface area contributed by atoms with Crippen molar-refractivity contribution in [3.05, 3.63) is 65.1 Å². The van der Waals surface area contributed by atoms with Crippen LogP contribution in [0.3, 0.4) is 0 Å². The van der Waals surface area contributed by atoms with E-state index < -0.39 is 58.2 Å². The zero-order valence-corrected chi connectivity index (χ0v) is 14.7. The molecule has 2 aromatic heterocycles. The molecule has 0 radical (unpaired) electrons. The second kappa shape index (κ2) is 7.39. The van der Waals surface area contributed by atoms with E-state index in [1.807, 2.05) is 5.32 Å². The standard InChI is InChI=1S/C18H8F9N3O/c19-16(20,21)8-1-3-10-12(5-8)29-14(18(25,26)27)6-13(10)30-15(31)11-4-2-9(7-28-11)17(22,23)24/h1-7H,(H,29,30,31). The second-order valence-electron chi connectivity index (χ2n) is 6.17. The Labute approximate surface area is 166 Å². The van der Waals surface area contributed by atoms with Gasteiger partial charge < -0.3 is 5.32 Å². The molecule has 164 valence electrons. The number of hydrogen-bond donors (Lipinski definition) is 1. The zero-order valence-electron chi connectivity index (χ0n) is 14.7. The largest absolute Gasteiger partial charge is 0.433 e. The number of nitrogens with one attached hydrogen (secondary N) is 1. The highest BCUT2D eigenvalue weighted by atomic mass is 19.4. The molecule has 3 aromatic rings. The van der Waals surface area contributed by atoms with Crippen LogP contribution in [0.25, 0.3) is 10.9 Å². The summed E-state index contributed by atoms with van der Waals surface area (Å²) in [5, 5.41) is 1.78. The number of anilines is 1. The molecular weight excluding hydrogens is 445 g/mol. The van der Waals surface area contributed by atoms with Gasteiger partial charge in [-0.2, -0.15) is 39.5 Å². The summed E-state index contributed by atoms with van der Waals surface area (Å²) in [5.74, 6) is -1.17. The predicted molar refractivity (Wildman–Crippen MR) is 88.9 cm³/mol. The molecule has 3 rings (SSSR count). The van der Waals surface area contributed by atoms with Gasteiger partial charge in [0.1, 0.15) is 11.4 Å². The van der Waals surface area contributed by atoms with Gasteiger partial charge in [0, 0.05) is 11.6 Å². The quantitative estimate of drug-likeness (QED) is 0.489. The molecule has 0 spiro atoms. The third kappa shape index (κ3) is 4.86. The maximum Gasteiger partial charge on any atom is 0.433 e. The Morgan fingerprint density at radius 1 is 0.774 bits per heavy atom. The van der Waals surface area contributed by atoms with Gasteiger partial charge in [0.05, 0.1) is 22.3 Å². The van der Waals surface area contributed by atoms with E-state index in [4.69, 9.17) is 0 Å². The lowest BCUT2D eigenvalue weighted by Crippen LogP contribution is -2.17. The molecule has 0 bridgehead atoms. The highest BCUT2D eigenvalue weighted by molar-refractivity contribution is 6.07. The number of hydrogen-bond acceptors (Lipinski definition) is 3. The number of halogens is 9. The third-order valence-electron chi connectivity index (χ3n) is 4.00. The minimum absolute atomic E-state index is 0.249. The fourth-order valence-corrected chi connectivity index (χ4v) is 2.54. The van der Waals surface area contributed by atoms with Crippen molar-refractivity contribution in [2.24, 2.45) is 0 Å². The molecule has 0 fully saturated rings. The number of benzene rings is 1. The number of alkyl halides is 9. The van der Waals surface area contributed by atoms with E-state index in [1.54, 1.807) is 0 Å². The van der Waals surface area contributed by atoms with Crippen LogP contribution in [0.4, 0.5) is 45.2 Å². The van der Waals surface area contributed by atoms with E-state index in [0.717, 1.165) is 6.07 Å². The maximum absolute atomic E-state index is 13.1. The number of rotatable bonds is 2. The summed E-state index contributed by atoms with van der Waals surface area (Å²) in [6.07, 6.45) is -14.3. The van der Waals surface area contributed by atoms with E-state index in [-0.39, 0.29) is 5.39 Å². The molecule has 0 aliphatic heterocycles. The normalized spacial score (nSPS) is 12.8. The van der Waals surface area contributed by atoms with Gasteiger partial charge in [-0.3, -0.25) is 9.78 Å². The van der Waals surface area contributed by atoms with Crippen molar-refractivity contribution in [1.82, 2.24) is 9.97 Å². The summed E-state index contributed by atoms with van der Waals surface area (Å²) in [4.78, 5) is 18.8. The average Bonchev–Trinajstić information content (AvgIpc) is 2.65. The van der Waals surface area contributed by atoms with E-state index in [9.17, 15) is 44.3 Å². The van der Waals surface area contributed by atoms with Crippen LogP contribution in [0.1, 0.15) is 27.3 Å². The van der Waals surface area contributed by atoms with Crippen molar-refractivity contribution in [3.63, 3.8) is 0 Å². The van der Waals surface area contributed by atoms with E-state index >= 15 is 0 Å². The average molecular weight is 453 g/mol. The van der Waals surface area contributed by atoms with Crippen LogP contribution in [-0.4, -0.2) is 15.9 Å². The highest BCUT2D eigenvalue weighted by Crippen LogP contribution is 2.36. The lowest BCUT2D eigenvalue weighted by atomic mass is 10.1. The smallest absolute Gasteiger partial charge is 0.320 e. The monoisotopic (exact) mass is 453 g/mol. The van der Waals surface area contributed by atoms with Gasteiger partial charge in [-0.05, 0) is 30.3 Å². The summed E-state index contributed by atoms with van der Waals surface area (Å²) in [6.45, 7) is 0. The molecule has 0 aliphatic rings. The molecule has 0 saturated carbocycles. The number of aromatic nitrogens is 2. The molecule has 1 N–H and O–H groups in total. The Kier molecular flexibility index (Phi) is 5.32. The van der Waals surface area contributed by atoms with Crippen molar-refractivity contribution in [1.29, 1.82) is 0 Å². The topological polar surface area (TPSA) is 54.9 Å². The number of pyridine rings is 2. The molecular formula is C18H8F9N3O. The lowest BCUT2D eigenvalue weighted by Gasteiger charge is -2.14. The number of carbonyl (C=O) groups is 1. The summed E-state index contributed by atoms with van der Waals surface area (Å²) in [7, 11) is 0. The van der Waals surface area contributed by atoms with Gasteiger partial charge >= 0.3 is 18.5 Å². The van der Waals surface area contributed by atoms with Crippen molar-refractivity contribution in [3.8, 4) is 0 Å². The Hall–Kier alpha value is -3.38. The molecule has 0 unspecified atom stereocenters. The Bertz CT molecular complexity index is 1130. The molecule has 31 heavy (non-hydrogen) atoms. The van der Waals surface area contributed by atoms with Gasteiger partial charge in [-0.15, -0.1) is 0 Å². The Morgan fingerprint density at radius 2 is 1.39 bits per heavy atom. The van der Waals surface area contributed by atoms with Crippen LogP contribution in [0.2, 0.25) is 0 Å². The number of nitrogens with zero attached hydrogens (tertiary/aromatic N) is 2. The third-order valence-corrected chi connectivity index (χ3v) is 4.00. The molecule has 0 saturated heterocycles. The first kappa shape index (κ1) is 22.3. The van der Waals surface area contributed by atoms with Gasteiger partial charge in [-0.1, -0.05) is 6.07 Å². The number of fused-ring (bicyclic) bond motifs is 1. The van der Waals surface area contributed by atoms with Crippen LogP contribution in [-0.2, 0) is 18.5 Å². The number of amides is 1. The fraction of sp³-hybridized carbons (Fsp3) is 0.167. The summed E-state index contributed by atoms with van der Waals surface area (Å²) in [6, 6.07) is 3.44. The molecule has 13 heteroatoms. The molecule has 0 aliphatic carbocycles. The summed E-state index contributed by atoms with van der Waals surface area (Å²) >= 11 is 0. The van der Waals surface area contributed by atoms with Gasteiger partial charge in [0.25, 0.3) is 5.91 Å². The molecule has 2 heterocycles. The highest BCUT2D eigenvalue weighted by Gasteiger charge is 2.35. The second-order valence-corrected chi connectivity index (χ2v) is 6.17. The van der Waals surface area contributed by atoms with Gasteiger partial charge in [0.15, 0.2) is 0 Å². The minimum Gasteiger partial charge on any atom is -0.320 e. The van der Waals surface area contributed by atoms with E-state index in [0.29, 0.717) is 36.5 Å². The van der Waals surface area contributed by atoms with E-state index in [1.165, 1.54) is 0 Å². The Morgan fingerprint density at radius 3 is 1.90 bits per heavy atom. The molecule has 0 atom stereocenters. The zero-order chi connectivity index (χ0) is 23.2.